The lowest BCUT2D eigenvalue weighted by atomic mass is 9.99. The molecule has 2 heterocycles. The number of fused-ring (bicyclic) bond motifs is 1. The molecule has 1 aromatic heterocycles. The van der Waals surface area contributed by atoms with Gasteiger partial charge in [-0.3, -0.25) is 9.10 Å². The van der Waals surface area contributed by atoms with Gasteiger partial charge in [-0.2, -0.15) is 13.2 Å². The number of aryl methyl sites for hydroxylation is 1. The number of benzene rings is 3. The zero-order valence-corrected chi connectivity index (χ0v) is 21.5. The Labute approximate surface area is 224 Å². The number of aromatic nitrogens is 2. The van der Waals surface area contributed by atoms with Gasteiger partial charge in [-0.15, -0.1) is 0 Å². The average Bonchev–Trinajstić information content (AvgIpc) is 3.59. The maximum atomic E-state index is 13.8. The highest BCUT2D eigenvalue weighted by Crippen LogP contribution is 2.39. The maximum Gasteiger partial charge on any atom is 0.417 e. The molecule has 1 amide bonds. The molecule has 3 aromatic carbocycles. The highest BCUT2D eigenvalue weighted by atomic mass is 32.2. The lowest BCUT2D eigenvalue weighted by molar-refractivity contribution is -0.137. The summed E-state index contributed by atoms with van der Waals surface area (Å²) in [5, 5.41) is 2.84. The fourth-order valence-electron chi connectivity index (χ4n) is 4.77. The van der Waals surface area contributed by atoms with Crippen molar-refractivity contribution < 1.29 is 26.4 Å². The fraction of sp³-hybridized carbons (Fsp3) is 0.214. The van der Waals surface area contributed by atoms with Crippen LogP contribution in [-0.2, 0) is 34.0 Å². The number of carbonyl (C=O) groups is 1. The monoisotopic (exact) mass is 554 g/mol. The quantitative estimate of drug-likeness (QED) is 0.314. The Bertz CT molecular complexity index is 1570. The Morgan fingerprint density at radius 1 is 1.00 bits per heavy atom. The predicted octanol–water partition coefficient (Wildman–Crippen LogP) is 4.90. The second-order valence-corrected chi connectivity index (χ2v) is 11.0. The van der Waals surface area contributed by atoms with Crippen LogP contribution in [0.2, 0.25) is 0 Å². The SMILES string of the molecule is O=C(NCCCn1ccnc1)[C@@H]1Cc2ccccc2N1S(=O)(=O)c1ccc(-c2ccccc2C(F)(F)F)cc1. The summed E-state index contributed by atoms with van der Waals surface area (Å²) in [6.45, 7) is 1.00. The zero-order valence-electron chi connectivity index (χ0n) is 20.7. The van der Waals surface area contributed by atoms with Crippen LogP contribution in [0.4, 0.5) is 18.9 Å². The number of sulfonamides is 1. The molecule has 5 rings (SSSR count). The van der Waals surface area contributed by atoms with Crippen molar-refractivity contribution in [3.63, 3.8) is 0 Å². The molecule has 0 fully saturated rings. The van der Waals surface area contributed by atoms with E-state index in [0.717, 1.165) is 15.9 Å². The minimum absolute atomic E-state index is 0.0478. The van der Waals surface area contributed by atoms with Gasteiger partial charge >= 0.3 is 6.18 Å². The first kappa shape index (κ1) is 26.5. The lowest BCUT2D eigenvalue weighted by Gasteiger charge is -2.26. The molecule has 0 unspecified atom stereocenters. The highest BCUT2D eigenvalue weighted by molar-refractivity contribution is 7.93. The third-order valence-corrected chi connectivity index (χ3v) is 8.47. The van der Waals surface area contributed by atoms with Crippen LogP contribution in [0.3, 0.4) is 0 Å². The van der Waals surface area contributed by atoms with Crippen molar-refractivity contribution >= 4 is 21.6 Å². The molecule has 0 bridgehead atoms. The van der Waals surface area contributed by atoms with Crippen molar-refractivity contribution in [1.29, 1.82) is 0 Å². The summed E-state index contributed by atoms with van der Waals surface area (Å²) < 4.78 is 71.2. The van der Waals surface area contributed by atoms with Gasteiger partial charge in [0.15, 0.2) is 0 Å². The summed E-state index contributed by atoms with van der Waals surface area (Å²) in [4.78, 5) is 17.0. The molecular formula is C28H25F3N4O3S. The van der Waals surface area contributed by atoms with Gasteiger partial charge in [0.1, 0.15) is 6.04 Å². The van der Waals surface area contributed by atoms with Crippen molar-refractivity contribution in [3.05, 3.63) is 103 Å². The molecule has 4 aromatic rings. The van der Waals surface area contributed by atoms with Gasteiger partial charge in [-0.05, 0) is 47.4 Å². The topological polar surface area (TPSA) is 84.3 Å². The van der Waals surface area contributed by atoms with Gasteiger partial charge in [-0.1, -0.05) is 48.5 Å². The van der Waals surface area contributed by atoms with Gasteiger partial charge in [0.05, 0.1) is 22.5 Å². The van der Waals surface area contributed by atoms with E-state index in [1.807, 2.05) is 10.8 Å². The fourth-order valence-corrected chi connectivity index (χ4v) is 6.42. The number of rotatable bonds is 8. The zero-order chi connectivity index (χ0) is 27.6. The van der Waals surface area contributed by atoms with Crippen molar-refractivity contribution in [2.24, 2.45) is 0 Å². The normalized spacial score (nSPS) is 15.3. The van der Waals surface area contributed by atoms with Crippen LogP contribution in [0.1, 0.15) is 17.5 Å². The van der Waals surface area contributed by atoms with Crippen molar-refractivity contribution in [2.75, 3.05) is 10.8 Å². The minimum atomic E-state index is -4.56. The predicted molar refractivity (Wildman–Crippen MR) is 140 cm³/mol. The molecule has 1 aliphatic rings. The standard InChI is InChI=1S/C28H25F3N4O3S/c29-28(30,31)24-8-3-2-7-23(24)20-10-12-22(13-11-20)39(37,38)35-25-9-4-1-6-21(25)18-26(35)27(36)33-14-5-16-34-17-15-32-19-34/h1-4,6-13,15,17,19,26H,5,14,16,18H2,(H,33,36)/t26-/m0/s1. The van der Waals surface area contributed by atoms with E-state index in [9.17, 15) is 26.4 Å². The smallest absolute Gasteiger partial charge is 0.354 e. The number of alkyl halides is 3. The molecule has 11 heteroatoms. The third-order valence-electron chi connectivity index (χ3n) is 6.63. The van der Waals surface area contributed by atoms with Gasteiger partial charge in [0.25, 0.3) is 10.0 Å². The second-order valence-electron chi connectivity index (χ2n) is 9.16. The number of imidazole rings is 1. The van der Waals surface area contributed by atoms with Crippen LogP contribution in [0.5, 0.6) is 0 Å². The number of amides is 1. The summed E-state index contributed by atoms with van der Waals surface area (Å²) in [5.41, 5.74) is 0.501. The Morgan fingerprint density at radius 2 is 1.72 bits per heavy atom. The van der Waals surface area contributed by atoms with E-state index in [4.69, 9.17) is 0 Å². The summed E-state index contributed by atoms with van der Waals surface area (Å²) in [6, 6.07) is 16.3. The summed E-state index contributed by atoms with van der Waals surface area (Å²) in [5.74, 6) is -0.420. The number of halogens is 3. The van der Waals surface area contributed by atoms with E-state index in [2.05, 4.69) is 10.3 Å². The number of hydrogen-bond donors (Lipinski definition) is 1. The molecule has 1 N–H and O–H groups in total. The van der Waals surface area contributed by atoms with Gasteiger partial charge in [-0.25, -0.2) is 13.4 Å². The molecule has 0 aliphatic carbocycles. The second kappa shape index (κ2) is 10.6. The third kappa shape index (κ3) is 5.40. The van der Waals surface area contributed by atoms with Crippen LogP contribution in [0, 0.1) is 0 Å². The summed E-state index contributed by atoms with van der Waals surface area (Å²) in [6.07, 6.45) is 1.45. The number of anilines is 1. The molecule has 0 saturated heterocycles. The first-order valence-corrected chi connectivity index (χ1v) is 13.7. The van der Waals surface area contributed by atoms with Crippen LogP contribution in [0.25, 0.3) is 11.1 Å². The van der Waals surface area contributed by atoms with E-state index < -0.39 is 33.7 Å². The number of para-hydroxylation sites is 1. The molecule has 7 nitrogen and oxygen atoms in total. The van der Waals surface area contributed by atoms with Crippen molar-refractivity contribution in [3.8, 4) is 11.1 Å². The van der Waals surface area contributed by atoms with Gasteiger partial charge in [0, 0.05) is 31.9 Å². The lowest BCUT2D eigenvalue weighted by Crippen LogP contribution is -2.48. The highest BCUT2D eigenvalue weighted by Gasteiger charge is 2.42. The first-order valence-electron chi connectivity index (χ1n) is 12.3. The molecule has 202 valence electrons. The maximum absolute atomic E-state index is 13.8. The van der Waals surface area contributed by atoms with E-state index in [1.54, 1.807) is 36.8 Å². The first-order chi connectivity index (χ1) is 18.7. The number of nitrogens with one attached hydrogen (secondary N) is 1. The van der Waals surface area contributed by atoms with E-state index in [-0.39, 0.29) is 22.4 Å². The van der Waals surface area contributed by atoms with Gasteiger partial charge in [0.2, 0.25) is 5.91 Å². The molecule has 39 heavy (non-hydrogen) atoms. The largest absolute Gasteiger partial charge is 0.417 e. The van der Waals surface area contributed by atoms with E-state index in [0.29, 0.717) is 25.2 Å². The molecule has 1 atom stereocenters. The van der Waals surface area contributed by atoms with Gasteiger partial charge < -0.3 is 9.88 Å². The Morgan fingerprint density at radius 3 is 2.44 bits per heavy atom. The number of carbonyl (C=O) groups excluding carboxylic acids is 1. The summed E-state index contributed by atoms with van der Waals surface area (Å²) in [7, 11) is -4.21. The Balaban J connectivity index is 1.39. The average molecular weight is 555 g/mol. The van der Waals surface area contributed by atoms with Crippen LogP contribution < -0.4 is 9.62 Å². The molecule has 0 saturated carbocycles. The van der Waals surface area contributed by atoms with Crippen LogP contribution >= 0.6 is 0 Å². The Hall–Kier alpha value is -4.12. The molecule has 1 aliphatic heterocycles. The molecule has 0 radical (unpaired) electrons. The van der Waals surface area contributed by atoms with E-state index in [1.165, 1.54) is 42.5 Å². The Kier molecular flexibility index (Phi) is 7.17. The van der Waals surface area contributed by atoms with Crippen molar-refractivity contribution in [2.45, 2.75) is 36.5 Å². The number of nitrogens with zero attached hydrogens (tertiary/aromatic N) is 3. The minimum Gasteiger partial charge on any atom is -0.354 e. The summed E-state index contributed by atoms with van der Waals surface area (Å²) >= 11 is 0. The molecule has 0 spiro atoms. The van der Waals surface area contributed by atoms with E-state index >= 15 is 0 Å². The van der Waals surface area contributed by atoms with Crippen LogP contribution in [-0.4, -0.2) is 36.5 Å². The molecular weight excluding hydrogens is 529 g/mol. The van der Waals surface area contributed by atoms with Crippen molar-refractivity contribution in [1.82, 2.24) is 14.9 Å². The number of hydrogen-bond acceptors (Lipinski definition) is 4. The van der Waals surface area contributed by atoms with Crippen LogP contribution in [0.15, 0.2) is 96.4 Å².